The van der Waals surface area contributed by atoms with Crippen LogP contribution in [-0.2, 0) is 16.6 Å². The molecular weight excluding hydrogens is 347 g/mol. The van der Waals surface area contributed by atoms with Crippen LogP contribution in [-0.4, -0.2) is 25.7 Å². The van der Waals surface area contributed by atoms with Crippen molar-refractivity contribution in [2.24, 2.45) is 0 Å². The van der Waals surface area contributed by atoms with Gasteiger partial charge in [-0.2, -0.15) is 15.1 Å². The van der Waals surface area contributed by atoms with Gasteiger partial charge in [0.25, 0.3) is 5.95 Å². The topological polar surface area (TPSA) is 98.7 Å². The van der Waals surface area contributed by atoms with Crippen LogP contribution in [0.25, 0.3) is 5.95 Å². The lowest BCUT2D eigenvalue weighted by Crippen LogP contribution is -2.27. The van der Waals surface area contributed by atoms with E-state index in [0.29, 0.717) is 29.1 Å². The van der Waals surface area contributed by atoms with Crippen molar-refractivity contribution in [3.8, 4) is 5.95 Å². The number of anilines is 2. The van der Waals surface area contributed by atoms with Crippen LogP contribution in [0.4, 0.5) is 16.0 Å². The number of halogens is 1. The molecule has 1 aliphatic rings. The molecule has 138 valence electrons. The van der Waals surface area contributed by atoms with Gasteiger partial charge in [-0.15, -0.1) is 0 Å². The van der Waals surface area contributed by atoms with E-state index in [-0.39, 0.29) is 23.5 Å². The number of amides is 1. The van der Waals surface area contributed by atoms with Crippen LogP contribution in [0.2, 0.25) is 0 Å². The number of nitrogens with one attached hydrogen (secondary N) is 1. The van der Waals surface area contributed by atoms with Crippen molar-refractivity contribution < 1.29 is 9.18 Å². The molecule has 3 heterocycles. The maximum absolute atomic E-state index is 13.9. The smallest absolute Gasteiger partial charge is 0.254 e. The van der Waals surface area contributed by atoms with E-state index in [1.54, 1.807) is 38.2 Å². The molecule has 0 unspecified atom stereocenters. The molecule has 2 aromatic heterocycles. The number of hydrogen-bond acceptors (Lipinski definition) is 5. The number of aryl methyl sites for hydroxylation is 1. The van der Waals surface area contributed by atoms with Gasteiger partial charge in [-0.1, -0.05) is 18.2 Å². The number of carbonyl (C=O) groups is 1. The Morgan fingerprint density at radius 1 is 1.26 bits per heavy atom. The van der Waals surface area contributed by atoms with Crippen LogP contribution in [0.5, 0.6) is 0 Å². The van der Waals surface area contributed by atoms with E-state index >= 15 is 0 Å². The lowest BCUT2D eigenvalue weighted by Gasteiger charge is -2.16. The SMILES string of the molecule is Cc1cn(-c2nc(N)c3c(n2)NC(=O)C3(C)C)nc1Cc1ccccc1F. The van der Waals surface area contributed by atoms with E-state index in [9.17, 15) is 9.18 Å². The van der Waals surface area contributed by atoms with Gasteiger partial charge < -0.3 is 11.1 Å². The predicted molar refractivity (Wildman–Crippen MR) is 99.2 cm³/mol. The maximum atomic E-state index is 13.9. The molecule has 27 heavy (non-hydrogen) atoms. The van der Waals surface area contributed by atoms with Gasteiger partial charge in [0, 0.05) is 12.6 Å². The van der Waals surface area contributed by atoms with E-state index in [1.165, 1.54) is 10.7 Å². The van der Waals surface area contributed by atoms with E-state index < -0.39 is 5.41 Å². The second-order valence-electron chi connectivity index (χ2n) is 7.18. The summed E-state index contributed by atoms with van der Waals surface area (Å²) in [6, 6.07) is 6.60. The van der Waals surface area contributed by atoms with Gasteiger partial charge in [-0.3, -0.25) is 4.79 Å². The molecule has 1 aliphatic heterocycles. The number of fused-ring (bicyclic) bond motifs is 1. The summed E-state index contributed by atoms with van der Waals surface area (Å²) >= 11 is 0. The Kier molecular flexibility index (Phi) is 3.73. The largest absolute Gasteiger partial charge is 0.383 e. The number of rotatable bonds is 3. The van der Waals surface area contributed by atoms with Crippen LogP contribution in [0, 0.1) is 12.7 Å². The summed E-state index contributed by atoms with van der Waals surface area (Å²) in [5.41, 5.74) is 8.07. The molecule has 7 nitrogen and oxygen atoms in total. The van der Waals surface area contributed by atoms with Gasteiger partial charge in [0.1, 0.15) is 17.5 Å². The number of nitrogen functional groups attached to an aromatic ring is 1. The Hall–Kier alpha value is -3.29. The lowest BCUT2D eigenvalue weighted by atomic mass is 9.87. The minimum absolute atomic E-state index is 0.174. The Morgan fingerprint density at radius 3 is 2.74 bits per heavy atom. The number of hydrogen-bond donors (Lipinski definition) is 2. The third-order valence-corrected chi connectivity index (χ3v) is 4.87. The molecule has 4 rings (SSSR count). The number of nitrogens with two attached hydrogens (primary N) is 1. The normalized spacial score (nSPS) is 14.9. The van der Waals surface area contributed by atoms with E-state index in [1.807, 2.05) is 6.92 Å². The molecule has 0 spiro atoms. The molecule has 0 bridgehead atoms. The Labute approximate surface area is 155 Å². The molecule has 0 saturated heterocycles. The highest BCUT2D eigenvalue weighted by molar-refractivity contribution is 6.06. The number of carbonyl (C=O) groups excluding carboxylic acids is 1. The second kappa shape index (κ2) is 5.87. The number of nitrogens with zero attached hydrogens (tertiary/aromatic N) is 4. The first-order chi connectivity index (χ1) is 12.8. The monoisotopic (exact) mass is 366 g/mol. The zero-order chi connectivity index (χ0) is 19.3. The summed E-state index contributed by atoms with van der Waals surface area (Å²) in [7, 11) is 0. The number of benzene rings is 1. The van der Waals surface area contributed by atoms with Gasteiger partial charge in [0.05, 0.1) is 16.7 Å². The lowest BCUT2D eigenvalue weighted by molar-refractivity contribution is -0.119. The van der Waals surface area contributed by atoms with Crippen molar-refractivity contribution >= 4 is 17.5 Å². The van der Waals surface area contributed by atoms with Crippen LogP contribution < -0.4 is 11.1 Å². The van der Waals surface area contributed by atoms with Crippen molar-refractivity contribution in [3.05, 3.63) is 58.7 Å². The molecule has 0 saturated carbocycles. The predicted octanol–water partition coefficient (Wildman–Crippen LogP) is 2.51. The highest BCUT2D eigenvalue weighted by Gasteiger charge is 2.42. The zero-order valence-electron chi connectivity index (χ0n) is 15.2. The summed E-state index contributed by atoms with van der Waals surface area (Å²) < 4.78 is 15.4. The summed E-state index contributed by atoms with van der Waals surface area (Å²) in [4.78, 5) is 20.9. The molecule has 3 N–H and O–H groups in total. The Bertz CT molecular complexity index is 1070. The fraction of sp³-hybridized carbons (Fsp3) is 0.263. The molecule has 8 heteroatoms. The maximum Gasteiger partial charge on any atom is 0.254 e. The third-order valence-electron chi connectivity index (χ3n) is 4.87. The quantitative estimate of drug-likeness (QED) is 0.742. The molecular formula is C19H19FN6O. The van der Waals surface area contributed by atoms with Gasteiger partial charge in [0.15, 0.2) is 0 Å². The van der Waals surface area contributed by atoms with Crippen LogP contribution in [0.15, 0.2) is 30.5 Å². The number of aromatic nitrogens is 4. The van der Waals surface area contributed by atoms with Crippen LogP contribution >= 0.6 is 0 Å². The fourth-order valence-electron chi connectivity index (χ4n) is 3.25. The Balaban J connectivity index is 1.72. The summed E-state index contributed by atoms with van der Waals surface area (Å²) in [6.45, 7) is 5.44. The van der Waals surface area contributed by atoms with Gasteiger partial charge >= 0.3 is 0 Å². The molecule has 0 fully saturated rings. The highest BCUT2D eigenvalue weighted by atomic mass is 19.1. The summed E-state index contributed by atoms with van der Waals surface area (Å²) in [5.74, 6) is 0.451. The summed E-state index contributed by atoms with van der Waals surface area (Å²) in [6.07, 6.45) is 2.12. The third kappa shape index (κ3) is 2.73. The standard InChI is InChI=1S/C19H19FN6O/c1-10-9-26(25-13(10)8-11-6-4-5-7-12(11)20)18-22-15(21)14-16(24-18)23-17(27)19(14,2)3/h4-7,9H,8H2,1-3H3,(H3,21,22,23,24,27). The minimum atomic E-state index is -0.784. The Morgan fingerprint density at radius 2 is 2.00 bits per heavy atom. The molecule has 0 radical (unpaired) electrons. The molecule has 1 amide bonds. The van der Waals surface area contributed by atoms with Gasteiger partial charge in [0.2, 0.25) is 5.91 Å². The van der Waals surface area contributed by atoms with Gasteiger partial charge in [-0.25, -0.2) is 9.07 Å². The van der Waals surface area contributed by atoms with Crippen LogP contribution in [0.1, 0.15) is 36.2 Å². The first kappa shape index (κ1) is 17.1. The average molecular weight is 366 g/mol. The first-order valence-electron chi connectivity index (χ1n) is 8.55. The average Bonchev–Trinajstić information content (AvgIpc) is 3.07. The van der Waals surface area contributed by atoms with E-state index in [2.05, 4.69) is 20.4 Å². The van der Waals surface area contributed by atoms with Crippen molar-refractivity contribution in [3.63, 3.8) is 0 Å². The van der Waals surface area contributed by atoms with Gasteiger partial charge in [-0.05, 0) is 38.0 Å². The van der Waals surface area contributed by atoms with Crippen molar-refractivity contribution in [2.75, 3.05) is 11.1 Å². The molecule has 1 aromatic carbocycles. The zero-order valence-corrected chi connectivity index (χ0v) is 15.2. The van der Waals surface area contributed by atoms with E-state index in [4.69, 9.17) is 5.73 Å². The molecule has 3 aromatic rings. The first-order valence-corrected chi connectivity index (χ1v) is 8.55. The molecule has 0 atom stereocenters. The van der Waals surface area contributed by atoms with Crippen molar-refractivity contribution in [1.82, 2.24) is 19.7 Å². The van der Waals surface area contributed by atoms with Crippen molar-refractivity contribution in [2.45, 2.75) is 32.6 Å². The fourth-order valence-corrected chi connectivity index (χ4v) is 3.25. The van der Waals surface area contributed by atoms with E-state index in [0.717, 1.165) is 5.56 Å². The molecule has 0 aliphatic carbocycles. The minimum Gasteiger partial charge on any atom is -0.383 e. The highest BCUT2D eigenvalue weighted by Crippen LogP contribution is 2.39. The summed E-state index contributed by atoms with van der Waals surface area (Å²) in [5, 5.41) is 7.24. The second-order valence-corrected chi connectivity index (χ2v) is 7.18. The van der Waals surface area contributed by atoms with Crippen molar-refractivity contribution in [1.29, 1.82) is 0 Å². The van der Waals surface area contributed by atoms with Crippen LogP contribution in [0.3, 0.4) is 0 Å².